The van der Waals surface area contributed by atoms with E-state index < -0.39 is 59.9 Å². The highest BCUT2D eigenvalue weighted by atomic mass is 32.3. The lowest BCUT2D eigenvalue weighted by Gasteiger charge is -2.41. The van der Waals surface area contributed by atoms with Crippen LogP contribution in [-0.4, -0.2) is 95.4 Å². The average molecular weight is 810 g/mol. The number of carbonyl (C=O) groups is 1. The maximum atomic E-state index is 13.0. The molecule has 7 unspecified atom stereocenters. The van der Waals surface area contributed by atoms with Gasteiger partial charge in [-0.2, -0.15) is 8.42 Å². The van der Waals surface area contributed by atoms with E-state index in [0.29, 0.717) is 12.8 Å². The minimum atomic E-state index is -5.07. The van der Waals surface area contributed by atoms with Gasteiger partial charge in [0.2, 0.25) is 5.91 Å². The van der Waals surface area contributed by atoms with Crippen molar-refractivity contribution < 1.29 is 51.8 Å². The molecule has 0 aromatic carbocycles. The summed E-state index contributed by atoms with van der Waals surface area (Å²) in [7, 11) is -5.07. The Morgan fingerprint density at radius 3 is 1.45 bits per heavy atom. The van der Waals surface area contributed by atoms with Gasteiger partial charge < -0.3 is 35.2 Å². The predicted octanol–water partition coefficient (Wildman–Crippen LogP) is 8.22. The topological polar surface area (TPSA) is 192 Å². The fourth-order valence-corrected chi connectivity index (χ4v) is 7.91. The highest BCUT2D eigenvalue weighted by Crippen LogP contribution is 2.26. The molecular formula is C42H83NO11S. The monoisotopic (exact) mass is 810 g/mol. The summed E-state index contributed by atoms with van der Waals surface area (Å²) in [6.45, 7) is 3.44. The molecule has 7 atom stereocenters. The van der Waals surface area contributed by atoms with Crippen molar-refractivity contribution in [3.05, 3.63) is 0 Å². The van der Waals surface area contributed by atoms with Gasteiger partial charge in [0.15, 0.2) is 6.29 Å². The summed E-state index contributed by atoms with van der Waals surface area (Å²) >= 11 is 0. The van der Waals surface area contributed by atoms with Gasteiger partial charge in [0.05, 0.1) is 25.4 Å². The van der Waals surface area contributed by atoms with Crippen molar-refractivity contribution in [2.24, 2.45) is 0 Å². The number of rotatable bonds is 38. The van der Waals surface area contributed by atoms with Crippen LogP contribution in [0.2, 0.25) is 0 Å². The Hall–Kier alpha value is -0.900. The molecule has 328 valence electrons. The number of amides is 1. The summed E-state index contributed by atoms with van der Waals surface area (Å²) in [6, 6.07) is -0.850. The molecule has 0 bridgehead atoms. The van der Waals surface area contributed by atoms with Crippen LogP contribution in [0.15, 0.2) is 0 Å². The van der Waals surface area contributed by atoms with Crippen molar-refractivity contribution >= 4 is 16.3 Å². The van der Waals surface area contributed by atoms with Crippen molar-refractivity contribution in [2.75, 3.05) is 13.2 Å². The van der Waals surface area contributed by atoms with E-state index in [1.807, 2.05) is 0 Å². The molecule has 0 aliphatic carbocycles. The minimum Gasteiger partial charge on any atom is -0.394 e. The molecule has 0 spiro atoms. The Morgan fingerprint density at radius 1 is 0.655 bits per heavy atom. The molecule has 6 N–H and O–H groups in total. The number of unbranched alkanes of at least 4 members (excludes halogenated alkanes) is 26. The fraction of sp³-hybridized carbons (Fsp3) is 0.976. The quantitative estimate of drug-likeness (QED) is 0.0260. The molecule has 1 aliphatic rings. The molecule has 0 aromatic rings. The van der Waals surface area contributed by atoms with Crippen molar-refractivity contribution in [2.45, 2.75) is 249 Å². The summed E-state index contributed by atoms with van der Waals surface area (Å²) in [5.41, 5.74) is 0. The number of aliphatic hydroxyl groups is 4. The number of hydrogen-bond donors (Lipinski definition) is 6. The summed E-state index contributed by atoms with van der Waals surface area (Å²) in [6.07, 6.45) is 25.3. The zero-order chi connectivity index (χ0) is 40.6. The zero-order valence-corrected chi connectivity index (χ0v) is 35.6. The first-order valence-electron chi connectivity index (χ1n) is 22.4. The third-order valence-corrected chi connectivity index (χ3v) is 11.4. The van der Waals surface area contributed by atoms with Gasteiger partial charge in [0, 0.05) is 6.42 Å². The van der Waals surface area contributed by atoms with Crippen LogP contribution in [-0.2, 0) is 28.9 Å². The molecule has 55 heavy (non-hydrogen) atoms. The van der Waals surface area contributed by atoms with E-state index in [2.05, 4.69) is 23.3 Å². The molecule has 1 saturated heterocycles. The van der Waals surface area contributed by atoms with E-state index in [-0.39, 0.29) is 12.5 Å². The van der Waals surface area contributed by atoms with Gasteiger partial charge in [-0.25, -0.2) is 4.18 Å². The Labute approximate surface area is 335 Å². The van der Waals surface area contributed by atoms with Gasteiger partial charge in [-0.15, -0.1) is 0 Å². The highest BCUT2D eigenvalue weighted by molar-refractivity contribution is 7.80. The van der Waals surface area contributed by atoms with E-state index in [1.165, 1.54) is 128 Å². The molecule has 1 fully saturated rings. The molecular weight excluding hydrogens is 727 g/mol. The van der Waals surface area contributed by atoms with Gasteiger partial charge in [-0.05, 0) is 12.8 Å². The van der Waals surface area contributed by atoms with E-state index in [0.717, 1.165) is 51.4 Å². The summed E-state index contributed by atoms with van der Waals surface area (Å²) < 4.78 is 47.6. The third kappa shape index (κ3) is 27.4. The van der Waals surface area contributed by atoms with Crippen LogP contribution in [0.1, 0.15) is 206 Å². The van der Waals surface area contributed by atoms with E-state index in [9.17, 15) is 33.6 Å². The molecule has 0 radical (unpaired) electrons. The second-order valence-corrected chi connectivity index (χ2v) is 17.0. The normalized spacial score (nSPS) is 21.5. The second kappa shape index (κ2) is 34.0. The second-order valence-electron chi connectivity index (χ2n) is 16.0. The van der Waals surface area contributed by atoms with E-state index >= 15 is 0 Å². The van der Waals surface area contributed by atoms with Gasteiger partial charge in [-0.3, -0.25) is 9.35 Å². The minimum absolute atomic E-state index is 0.228. The van der Waals surface area contributed by atoms with Gasteiger partial charge in [-0.1, -0.05) is 187 Å². The fourth-order valence-electron chi connectivity index (χ4n) is 7.40. The zero-order valence-electron chi connectivity index (χ0n) is 34.8. The largest absolute Gasteiger partial charge is 0.397 e. The van der Waals surface area contributed by atoms with Gasteiger partial charge in [0.1, 0.15) is 24.4 Å². The van der Waals surface area contributed by atoms with Crippen LogP contribution in [0.25, 0.3) is 0 Å². The molecule has 0 aromatic heterocycles. The Balaban J connectivity index is 2.52. The standard InChI is InChI=1S/C42H83NO11S/c1-3-5-7-9-11-13-15-17-19-21-23-25-27-29-31-36(45)35(34-52-42-40(48)41(54-55(49,50)51)39(47)37(33-44)53-42)43-38(46)32-30-28-26-24-22-20-18-16-14-12-10-8-6-4-2/h35-37,39-42,44-45,47-48H,3-34H2,1-2H3,(H,43,46)(H,49,50,51). The maximum absolute atomic E-state index is 13.0. The average Bonchev–Trinajstić information content (AvgIpc) is 3.15. The number of aliphatic hydroxyl groups excluding tert-OH is 4. The number of nitrogens with one attached hydrogen (secondary N) is 1. The van der Waals surface area contributed by atoms with Crippen molar-refractivity contribution in [1.29, 1.82) is 0 Å². The van der Waals surface area contributed by atoms with Crippen LogP contribution >= 0.6 is 0 Å². The Bertz CT molecular complexity index is 1000. The third-order valence-electron chi connectivity index (χ3n) is 10.9. The number of hydrogen-bond acceptors (Lipinski definition) is 10. The van der Waals surface area contributed by atoms with Crippen LogP contribution in [0.4, 0.5) is 0 Å². The maximum Gasteiger partial charge on any atom is 0.397 e. The van der Waals surface area contributed by atoms with E-state index in [1.54, 1.807) is 0 Å². The molecule has 12 nitrogen and oxygen atoms in total. The first-order chi connectivity index (χ1) is 26.5. The SMILES string of the molecule is CCCCCCCCCCCCCCCCC(=O)NC(COC1OC(CO)C(O)C(OS(=O)(=O)O)C1O)C(O)CCCCCCCCCCCCCCCC. The summed E-state index contributed by atoms with van der Waals surface area (Å²) in [5.74, 6) is -0.228. The Morgan fingerprint density at radius 2 is 1.05 bits per heavy atom. The smallest absolute Gasteiger partial charge is 0.394 e. The molecule has 1 heterocycles. The van der Waals surface area contributed by atoms with Crippen LogP contribution < -0.4 is 5.32 Å². The first kappa shape index (κ1) is 52.1. The first-order valence-corrected chi connectivity index (χ1v) is 23.8. The molecule has 13 heteroatoms. The van der Waals surface area contributed by atoms with Crippen LogP contribution in [0.5, 0.6) is 0 Å². The molecule has 1 aliphatic heterocycles. The van der Waals surface area contributed by atoms with E-state index in [4.69, 9.17) is 14.0 Å². The molecule has 1 rings (SSSR count). The number of carbonyl (C=O) groups excluding carboxylic acids is 1. The summed E-state index contributed by atoms with van der Waals surface area (Å²) in [4.78, 5) is 13.0. The molecule has 1 amide bonds. The van der Waals surface area contributed by atoms with Gasteiger partial charge in [0.25, 0.3) is 0 Å². The van der Waals surface area contributed by atoms with Crippen molar-refractivity contribution in [3.63, 3.8) is 0 Å². The Kier molecular flexibility index (Phi) is 32.2. The van der Waals surface area contributed by atoms with Crippen LogP contribution in [0.3, 0.4) is 0 Å². The predicted molar refractivity (Wildman–Crippen MR) is 218 cm³/mol. The van der Waals surface area contributed by atoms with Crippen molar-refractivity contribution in [1.82, 2.24) is 5.32 Å². The molecule has 0 saturated carbocycles. The lowest BCUT2D eigenvalue weighted by Crippen LogP contribution is -2.61. The van der Waals surface area contributed by atoms with Crippen molar-refractivity contribution in [3.8, 4) is 0 Å². The van der Waals surface area contributed by atoms with Crippen LogP contribution in [0, 0.1) is 0 Å². The number of ether oxygens (including phenoxy) is 2. The lowest BCUT2D eigenvalue weighted by molar-refractivity contribution is -0.298. The highest BCUT2D eigenvalue weighted by Gasteiger charge is 2.48. The lowest BCUT2D eigenvalue weighted by atomic mass is 9.99. The summed E-state index contributed by atoms with van der Waals surface area (Å²) in [5, 5.41) is 44.8. The van der Waals surface area contributed by atoms with Gasteiger partial charge >= 0.3 is 10.4 Å².